The van der Waals surface area contributed by atoms with Crippen LogP contribution < -0.4 is 10.1 Å². The molecule has 1 saturated heterocycles. The minimum atomic E-state index is 0.299. The van der Waals surface area contributed by atoms with Gasteiger partial charge in [0.2, 0.25) is 0 Å². The van der Waals surface area contributed by atoms with Crippen LogP contribution in [0.1, 0.15) is 29.5 Å². The Hall–Kier alpha value is -1.58. The molecule has 128 valence electrons. The van der Waals surface area contributed by atoms with Gasteiger partial charge in [-0.15, -0.1) is 0 Å². The minimum Gasteiger partial charge on any atom is -0.489 e. The van der Waals surface area contributed by atoms with E-state index in [0.717, 1.165) is 28.7 Å². The summed E-state index contributed by atoms with van der Waals surface area (Å²) in [5.74, 6) is 4.17. The standard InChI is InChI=1S/C21H20ClNOS/c22-14-7-8-20-19(10-14)17-5-2-6-18(17)21(23-20)13-3-1-4-15(9-13)24-16-11-25-12-16/h1-5,7-10,16-18,21,23H,6,11-12H2/t17-,18+,21+/m1/s1. The molecule has 1 fully saturated rings. The molecule has 2 heterocycles. The number of hydrogen-bond donors (Lipinski definition) is 1. The van der Waals surface area contributed by atoms with Gasteiger partial charge in [-0.1, -0.05) is 35.9 Å². The van der Waals surface area contributed by atoms with E-state index in [1.54, 1.807) is 0 Å². The van der Waals surface area contributed by atoms with Crippen molar-refractivity contribution in [2.75, 3.05) is 16.8 Å². The predicted octanol–water partition coefficient (Wildman–Crippen LogP) is 5.66. The monoisotopic (exact) mass is 369 g/mol. The molecule has 2 aromatic carbocycles. The molecule has 0 radical (unpaired) electrons. The second-order valence-electron chi connectivity index (χ2n) is 7.06. The van der Waals surface area contributed by atoms with E-state index in [9.17, 15) is 0 Å². The number of benzene rings is 2. The quantitative estimate of drug-likeness (QED) is 0.705. The van der Waals surface area contributed by atoms with E-state index in [4.69, 9.17) is 16.3 Å². The highest BCUT2D eigenvalue weighted by atomic mass is 35.5. The maximum atomic E-state index is 6.24. The Balaban J connectivity index is 1.48. The van der Waals surface area contributed by atoms with Crippen molar-refractivity contribution in [3.63, 3.8) is 0 Å². The zero-order valence-electron chi connectivity index (χ0n) is 13.8. The Morgan fingerprint density at radius 1 is 1.12 bits per heavy atom. The lowest BCUT2D eigenvalue weighted by Gasteiger charge is -2.37. The molecule has 0 bridgehead atoms. The van der Waals surface area contributed by atoms with Crippen molar-refractivity contribution < 1.29 is 4.74 Å². The van der Waals surface area contributed by atoms with Gasteiger partial charge in [0, 0.05) is 28.1 Å². The van der Waals surface area contributed by atoms with Crippen LogP contribution in [-0.4, -0.2) is 17.6 Å². The summed E-state index contributed by atoms with van der Waals surface area (Å²) in [6, 6.07) is 15.1. The number of thioether (sulfide) groups is 1. The molecule has 1 aliphatic carbocycles. The lowest BCUT2D eigenvalue weighted by atomic mass is 9.77. The first-order valence-electron chi connectivity index (χ1n) is 8.85. The summed E-state index contributed by atoms with van der Waals surface area (Å²) in [5, 5.41) is 4.57. The van der Waals surface area contributed by atoms with Gasteiger partial charge < -0.3 is 10.1 Å². The first kappa shape index (κ1) is 15.7. The van der Waals surface area contributed by atoms with Gasteiger partial charge in [0.1, 0.15) is 11.9 Å². The first-order valence-corrected chi connectivity index (χ1v) is 10.4. The highest BCUT2D eigenvalue weighted by Gasteiger charge is 2.38. The lowest BCUT2D eigenvalue weighted by Crippen LogP contribution is -2.31. The first-order chi connectivity index (χ1) is 12.3. The van der Waals surface area contributed by atoms with E-state index < -0.39 is 0 Å². The van der Waals surface area contributed by atoms with Crippen molar-refractivity contribution in [3.05, 3.63) is 70.8 Å². The lowest BCUT2D eigenvalue weighted by molar-refractivity contribution is 0.240. The van der Waals surface area contributed by atoms with Crippen LogP contribution in [0.2, 0.25) is 5.02 Å². The Morgan fingerprint density at radius 2 is 2.04 bits per heavy atom. The second-order valence-corrected chi connectivity index (χ2v) is 8.57. The summed E-state index contributed by atoms with van der Waals surface area (Å²) >= 11 is 8.19. The van der Waals surface area contributed by atoms with Gasteiger partial charge in [-0.3, -0.25) is 0 Å². The van der Waals surface area contributed by atoms with Gasteiger partial charge in [0.25, 0.3) is 0 Å². The van der Waals surface area contributed by atoms with Crippen LogP contribution >= 0.6 is 23.4 Å². The van der Waals surface area contributed by atoms with Gasteiger partial charge in [-0.25, -0.2) is 0 Å². The summed E-state index contributed by atoms with van der Waals surface area (Å²) in [4.78, 5) is 0. The van der Waals surface area contributed by atoms with E-state index in [-0.39, 0.29) is 0 Å². The fraction of sp³-hybridized carbons (Fsp3) is 0.333. The summed E-state index contributed by atoms with van der Waals surface area (Å²) < 4.78 is 6.10. The molecule has 0 unspecified atom stereocenters. The Kier molecular flexibility index (Phi) is 3.94. The van der Waals surface area contributed by atoms with Crippen molar-refractivity contribution in [2.45, 2.75) is 24.5 Å². The molecule has 25 heavy (non-hydrogen) atoms. The number of rotatable bonds is 3. The Bertz CT molecular complexity index is 832. The highest BCUT2D eigenvalue weighted by Crippen LogP contribution is 2.50. The van der Waals surface area contributed by atoms with Crippen LogP contribution in [0, 0.1) is 5.92 Å². The molecule has 3 atom stereocenters. The molecule has 2 aromatic rings. The number of hydrogen-bond acceptors (Lipinski definition) is 3. The average molecular weight is 370 g/mol. The van der Waals surface area contributed by atoms with Gasteiger partial charge in [-0.2, -0.15) is 11.8 Å². The number of nitrogens with one attached hydrogen (secondary N) is 1. The zero-order valence-corrected chi connectivity index (χ0v) is 15.4. The van der Waals surface area contributed by atoms with E-state index in [1.165, 1.54) is 16.8 Å². The van der Waals surface area contributed by atoms with Crippen molar-refractivity contribution in [1.82, 2.24) is 0 Å². The van der Waals surface area contributed by atoms with Gasteiger partial charge in [-0.05, 0) is 53.8 Å². The van der Waals surface area contributed by atoms with E-state index in [2.05, 4.69) is 53.9 Å². The molecule has 4 heteroatoms. The fourth-order valence-electron chi connectivity index (χ4n) is 4.15. The van der Waals surface area contributed by atoms with Crippen LogP contribution in [0.3, 0.4) is 0 Å². The third kappa shape index (κ3) is 2.84. The molecule has 3 aliphatic rings. The second kappa shape index (κ2) is 6.30. The van der Waals surface area contributed by atoms with E-state index >= 15 is 0 Å². The molecule has 1 N–H and O–H groups in total. The largest absolute Gasteiger partial charge is 0.489 e. The zero-order chi connectivity index (χ0) is 16.8. The molecular weight excluding hydrogens is 350 g/mol. The smallest absolute Gasteiger partial charge is 0.120 e. The molecule has 2 nitrogen and oxygen atoms in total. The topological polar surface area (TPSA) is 21.3 Å². The van der Waals surface area contributed by atoms with E-state index in [1.807, 2.05) is 17.8 Å². The summed E-state index contributed by atoms with van der Waals surface area (Å²) in [6.45, 7) is 0. The number of halogens is 1. The molecule has 0 aromatic heterocycles. The molecule has 5 rings (SSSR count). The number of anilines is 1. The van der Waals surface area contributed by atoms with Crippen molar-refractivity contribution in [1.29, 1.82) is 0 Å². The SMILES string of the molecule is Clc1ccc2c(c1)[C@@H]1C=CC[C@@H]1[C@H](c1cccc(OC3CSC3)c1)N2. The van der Waals surface area contributed by atoms with Gasteiger partial charge in [0.05, 0.1) is 6.04 Å². The molecule has 0 amide bonds. The summed E-state index contributed by atoms with van der Waals surface area (Å²) in [5.41, 5.74) is 3.83. The minimum absolute atomic E-state index is 0.299. The molecule has 2 aliphatic heterocycles. The normalized spacial score (nSPS) is 27.2. The molecule has 0 spiro atoms. The van der Waals surface area contributed by atoms with Crippen molar-refractivity contribution in [2.24, 2.45) is 5.92 Å². The van der Waals surface area contributed by atoms with Gasteiger partial charge >= 0.3 is 0 Å². The van der Waals surface area contributed by atoms with Crippen molar-refractivity contribution in [3.8, 4) is 5.75 Å². The Morgan fingerprint density at radius 3 is 2.88 bits per heavy atom. The van der Waals surface area contributed by atoms with Crippen LogP contribution in [0.15, 0.2) is 54.6 Å². The van der Waals surface area contributed by atoms with Gasteiger partial charge in [0.15, 0.2) is 0 Å². The van der Waals surface area contributed by atoms with Crippen LogP contribution in [0.5, 0.6) is 5.75 Å². The number of ether oxygens (including phenoxy) is 1. The number of allylic oxidation sites excluding steroid dienone is 2. The maximum Gasteiger partial charge on any atom is 0.120 e. The Labute approximate surface area is 157 Å². The predicted molar refractivity (Wildman–Crippen MR) is 106 cm³/mol. The van der Waals surface area contributed by atoms with Crippen LogP contribution in [-0.2, 0) is 0 Å². The highest BCUT2D eigenvalue weighted by molar-refractivity contribution is 8.00. The van der Waals surface area contributed by atoms with Crippen molar-refractivity contribution >= 4 is 29.1 Å². The van der Waals surface area contributed by atoms with Crippen LogP contribution in [0.4, 0.5) is 5.69 Å². The third-order valence-corrected chi connectivity index (χ3v) is 6.90. The maximum absolute atomic E-state index is 6.24. The van der Waals surface area contributed by atoms with E-state index in [0.29, 0.717) is 24.0 Å². The molecule has 0 saturated carbocycles. The van der Waals surface area contributed by atoms with Crippen LogP contribution in [0.25, 0.3) is 0 Å². The summed E-state index contributed by atoms with van der Waals surface area (Å²) in [7, 11) is 0. The summed E-state index contributed by atoms with van der Waals surface area (Å²) in [6.07, 6.45) is 6.13. The number of fused-ring (bicyclic) bond motifs is 3. The molecular formula is C21H20ClNOS. The fourth-order valence-corrected chi connectivity index (χ4v) is 4.90. The average Bonchev–Trinajstić information content (AvgIpc) is 3.08. The third-order valence-electron chi connectivity index (χ3n) is 5.45.